The van der Waals surface area contributed by atoms with Crippen LogP contribution in [0.1, 0.15) is 54.4 Å². The van der Waals surface area contributed by atoms with E-state index in [2.05, 4.69) is 0 Å². The van der Waals surface area contributed by atoms with Crippen LogP contribution in [0, 0.1) is 5.92 Å². The van der Waals surface area contributed by atoms with Crippen molar-refractivity contribution in [2.45, 2.75) is 44.7 Å². The lowest BCUT2D eigenvalue weighted by atomic mass is 9.87. The molecule has 2 rings (SSSR count). The molecule has 1 aliphatic rings. The monoisotopic (exact) mass is 300 g/mol. The van der Waals surface area contributed by atoms with Crippen LogP contribution in [-0.2, 0) is 10.9 Å². The molecule has 0 saturated heterocycles. The van der Waals surface area contributed by atoms with Crippen LogP contribution in [0.4, 0.5) is 13.2 Å². The van der Waals surface area contributed by atoms with Crippen LogP contribution >= 0.6 is 0 Å². The van der Waals surface area contributed by atoms with E-state index in [0.29, 0.717) is 12.5 Å². The SMILES string of the molecule is O=C(OCCC1CCCCC1)c1ccc(C(F)(F)F)cc1. The van der Waals surface area contributed by atoms with Gasteiger partial charge in [0.25, 0.3) is 0 Å². The van der Waals surface area contributed by atoms with E-state index in [1.165, 1.54) is 32.1 Å². The lowest BCUT2D eigenvalue weighted by molar-refractivity contribution is -0.137. The molecule has 0 bridgehead atoms. The van der Waals surface area contributed by atoms with Gasteiger partial charge in [-0.3, -0.25) is 0 Å². The van der Waals surface area contributed by atoms with Gasteiger partial charge in [-0.15, -0.1) is 0 Å². The molecule has 1 aromatic rings. The first kappa shape index (κ1) is 15.9. The maximum Gasteiger partial charge on any atom is 0.416 e. The molecule has 1 aliphatic carbocycles. The molecule has 0 heterocycles. The number of benzene rings is 1. The molecule has 5 heteroatoms. The Bertz CT molecular complexity index is 459. The van der Waals surface area contributed by atoms with Crippen LogP contribution in [0.25, 0.3) is 0 Å². The molecular formula is C16H19F3O2. The van der Waals surface area contributed by atoms with Crippen LogP contribution in [-0.4, -0.2) is 12.6 Å². The highest BCUT2D eigenvalue weighted by atomic mass is 19.4. The topological polar surface area (TPSA) is 26.3 Å². The fourth-order valence-corrected chi connectivity index (χ4v) is 2.67. The van der Waals surface area contributed by atoms with Crippen molar-refractivity contribution in [3.05, 3.63) is 35.4 Å². The average Bonchev–Trinajstić information content (AvgIpc) is 2.47. The normalized spacial score (nSPS) is 16.7. The lowest BCUT2D eigenvalue weighted by Crippen LogP contribution is -2.13. The Morgan fingerprint density at radius 3 is 2.29 bits per heavy atom. The van der Waals surface area contributed by atoms with Crippen LogP contribution in [0.15, 0.2) is 24.3 Å². The van der Waals surface area contributed by atoms with Crippen molar-refractivity contribution in [3.63, 3.8) is 0 Å². The summed E-state index contributed by atoms with van der Waals surface area (Å²) in [6.45, 7) is 0.338. The molecule has 0 aliphatic heterocycles. The summed E-state index contributed by atoms with van der Waals surface area (Å²) in [7, 11) is 0. The fourth-order valence-electron chi connectivity index (χ4n) is 2.67. The number of carbonyl (C=O) groups excluding carboxylic acids is 1. The molecule has 116 valence electrons. The third kappa shape index (κ3) is 4.76. The minimum Gasteiger partial charge on any atom is -0.462 e. The predicted molar refractivity (Wildman–Crippen MR) is 72.9 cm³/mol. The van der Waals surface area contributed by atoms with Crippen LogP contribution in [0.2, 0.25) is 0 Å². The van der Waals surface area contributed by atoms with E-state index in [0.717, 1.165) is 30.7 Å². The van der Waals surface area contributed by atoms with Gasteiger partial charge in [0.15, 0.2) is 0 Å². The van der Waals surface area contributed by atoms with Gasteiger partial charge in [-0.2, -0.15) is 13.2 Å². The summed E-state index contributed by atoms with van der Waals surface area (Å²) in [6.07, 6.45) is 2.56. The summed E-state index contributed by atoms with van der Waals surface area (Å²) < 4.78 is 42.4. The van der Waals surface area contributed by atoms with Crippen molar-refractivity contribution in [2.75, 3.05) is 6.61 Å². The number of hydrogen-bond acceptors (Lipinski definition) is 2. The van der Waals surface area contributed by atoms with E-state index in [-0.39, 0.29) is 5.56 Å². The van der Waals surface area contributed by atoms with Gasteiger partial charge in [0.2, 0.25) is 0 Å². The van der Waals surface area contributed by atoms with Gasteiger partial charge in [-0.1, -0.05) is 32.1 Å². The molecule has 0 radical (unpaired) electrons. The Morgan fingerprint density at radius 2 is 1.71 bits per heavy atom. The maximum atomic E-state index is 12.4. The summed E-state index contributed by atoms with van der Waals surface area (Å²) in [6, 6.07) is 4.12. The summed E-state index contributed by atoms with van der Waals surface area (Å²) in [5, 5.41) is 0. The van der Waals surface area contributed by atoms with Crippen LogP contribution in [0.3, 0.4) is 0 Å². The second kappa shape index (κ2) is 6.96. The number of carbonyl (C=O) groups is 1. The number of rotatable bonds is 4. The van der Waals surface area contributed by atoms with Gasteiger partial charge in [-0.05, 0) is 36.6 Å². The maximum absolute atomic E-state index is 12.4. The molecule has 0 N–H and O–H groups in total. The molecule has 0 atom stereocenters. The predicted octanol–water partition coefficient (Wildman–Crippen LogP) is 4.83. The highest BCUT2D eigenvalue weighted by molar-refractivity contribution is 5.89. The molecule has 0 amide bonds. The van der Waals surface area contributed by atoms with Crippen molar-refractivity contribution in [1.82, 2.24) is 0 Å². The number of esters is 1. The average molecular weight is 300 g/mol. The Hall–Kier alpha value is -1.52. The highest BCUT2D eigenvalue weighted by Gasteiger charge is 2.30. The summed E-state index contributed by atoms with van der Waals surface area (Å²) in [5.74, 6) is 0.0543. The zero-order valence-electron chi connectivity index (χ0n) is 11.8. The van der Waals surface area contributed by atoms with Crippen molar-refractivity contribution in [1.29, 1.82) is 0 Å². The lowest BCUT2D eigenvalue weighted by Gasteiger charge is -2.21. The third-order valence-electron chi connectivity index (χ3n) is 3.93. The van der Waals surface area contributed by atoms with Crippen LogP contribution < -0.4 is 0 Å². The second-order valence-electron chi connectivity index (χ2n) is 5.50. The molecule has 1 fully saturated rings. The van der Waals surface area contributed by atoms with Crippen LogP contribution in [0.5, 0.6) is 0 Å². The highest BCUT2D eigenvalue weighted by Crippen LogP contribution is 2.29. The standard InChI is InChI=1S/C16H19F3O2/c17-16(18,19)14-8-6-13(7-9-14)15(20)21-11-10-12-4-2-1-3-5-12/h6-9,12H,1-5,10-11H2. The van der Waals surface area contributed by atoms with E-state index in [9.17, 15) is 18.0 Å². The second-order valence-corrected chi connectivity index (χ2v) is 5.50. The van der Waals surface area contributed by atoms with Gasteiger partial charge in [0.05, 0.1) is 17.7 Å². The van der Waals surface area contributed by atoms with E-state index < -0.39 is 17.7 Å². The third-order valence-corrected chi connectivity index (χ3v) is 3.93. The molecule has 21 heavy (non-hydrogen) atoms. The molecule has 1 aromatic carbocycles. The Morgan fingerprint density at radius 1 is 1.10 bits per heavy atom. The van der Waals surface area contributed by atoms with Gasteiger partial charge < -0.3 is 4.74 Å². The molecule has 0 spiro atoms. The molecule has 2 nitrogen and oxygen atoms in total. The number of hydrogen-bond donors (Lipinski definition) is 0. The summed E-state index contributed by atoms with van der Waals surface area (Å²) in [4.78, 5) is 11.7. The molecular weight excluding hydrogens is 281 g/mol. The molecule has 0 aromatic heterocycles. The minimum atomic E-state index is -4.39. The van der Waals surface area contributed by atoms with Crippen molar-refractivity contribution < 1.29 is 22.7 Å². The first-order chi connectivity index (χ1) is 9.97. The molecule has 0 unspecified atom stereocenters. The van der Waals surface area contributed by atoms with E-state index in [1.54, 1.807) is 0 Å². The number of halogens is 3. The van der Waals surface area contributed by atoms with Crippen molar-refractivity contribution in [2.24, 2.45) is 5.92 Å². The Balaban J connectivity index is 1.80. The van der Waals surface area contributed by atoms with E-state index in [1.807, 2.05) is 0 Å². The zero-order valence-corrected chi connectivity index (χ0v) is 11.8. The number of alkyl halides is 3. The van der Waals surface area contributed by atoms with Crippen molar-refractivity contribution >= 4 is 5.97 Å². The smallest absolute Gasteiger partial charge is 0.416 e. The first-order valence-corrected chi connectivity index (χ1v) is 7.31. The Kier molecular flexibility index (Phi) is 5.26. The zero-order chi connectivity index (χ0) is 15.3. The van der Waals surface area contributed by atoms with Gasteiger partial charge in [-0.25, -0.2) is 4.79 Å². The van der Waals surface area contributed by atoms with Gasteiger partial charge in [0, 0.05) is 0 Å². The largest absolute Gasteiger partial charge is 0.462 e. The first-order valence-electron chi connectivity index (χ1n) is 7.31. The number of ether oxygens (including phenoxy) is 1. The van der Waals surface area contributed by atoms with E-state index in [4.69, 9.17) is 4.74 Å². The van der Waals surface area contributed by atoms with Gasteiger partial charge >= 0.3 is 12.1 Å². The van der Waals surface area contributed by atoms with Crippen molar-refractivity contribution in [3.8, 4) is 0 Å². The summed E-state index contributed by atoms with van der Waals surface area (Å²) in [5.41, 5.74) is -0.604. The Labute approximate surface area is 122 Å². The fraction of sp³-hybridized carbons (Fsp3) is 0.562. The summed E-state index contributed by atoms with van der Waals surface area (Å²) >= 11 is 0. The van der Waals surface area contributed by atoms with E-state index >= 15 is 0 Å². The molecule has 1 saturated carbocycles. The van der Waals surface area contributed by atoms with Gasteiger partial charge in [0.1, 0.15) is 0 Å². The minimum absolute atomic E-state index is 0.159. The quantitative estimate of drug-likeness (QED) is 0.744.